The highest BCUT2D eigenvalue weighted by Crippen LogP contribution is 2.32. The maximum atomic E-state index is 10.8. The molecule has 0 spiro atoms. The number of nitrogens with zero attached hydrogens (tertiary/aromatic N) is 2. The minimum absolute atomic E-state index is 0.186. The highest BCUT2D eigenvalue weighted by Gasteiger charge is 2.36. The molecule has 2 aromatic rings. The molecular formula is C16H18N2O3. The van der Waals surface area contributed by atoms with Gasteiger partial charge >= 0.3 is 5.97 Å². The first kappa shape index (κ1) is 13.8. The fraction of sp³-hybridized carbons (Fsp3) is 0.375. The van der Waals surface area contributed by atoms with Gasteiger partial charge in [-0.3, -0.25) is 9.69 Å². The van der Waals surface area contributed by atoms with Crippen LogP contribution in [0.25, 0.3) is 11.3 Å². The molecule has 0 aliphatic heterocycles. The van der Waals surface area contributed by atoms with Crippen molar-refractivity contribution in [2.45, 2.75) is 25.4 Å². The maximum Gasteiger partial charge on any atom is 0.306 e. The fourth-order valence-corrected chi connectivity index (χ4v) is 2.66. The highest BCUT2D eigenvalue weighted by molar-refractivity contribution is 5.71. The number of carboxylic acid groups (broad SMARTS) is 1. The summed E-state index contributed by atoms with van der Waals surface area (Å²) in [4.78, 5) is 13.0. The Morgan fingerprint density at radius 1 is 1.38 bits per heavy atom. The molecule has 1 aromatic heterocycles. The summed E-state index contributed by atoms with van der Waals surface area (Å²) in [5.41, 5.74) is 1.88. The van der Waals surface area contributed by atoms with Gasteiger partial charge in [-0.15, -0.1) is 0 Å². The van der Waals surface area contributed by atoms with Gasteiger partial charge in [-0.25, -0.2) is 0 Å². The van der Waals surface area contributed by atoms with E-state index in [-0.39, 0.29) is 5.92 Å². The van der Waals surface area contributed by atoms with Crippen LogP contribution in [-0.4, -0.2) is 34.2 Å². The standard InChI is InChI=1S/C16H18N2O3/c1-18(14-7-12(8-14)16(19)20)10-13-9-15(21-17-13)11-5-3-2-4-6-11/h2-6,9,12,14H,7-8,10H2,1H3,(H,19,20). The first-order valence-electron chi connectivity index (χ1n) is 7.07. The Labute approximate surface area is 123 Å². The van der Waals surface area contributed by atoms with E-state index in [1.807, 2.05) is 43.4 Å². The van der Waals surface area contributed by atoms with Gasteiger partial charge in [-0.05, 0) is 19.9 Å². The Bertz CT molecular complexity index is 617. The third-order valence-electron chi connectivity index (χ3n) is 4.11. The minimum Gasteiger partial charge on any atom is -0.481 e. The molecule has 1 aromatic carbocycles. The summed E-state index contributed by atoms with van der Waals surface area (Å²) in [5.74, 6) is -0.113. The normalized spacial score (nSPS) is 21.2. The van der Waals surface area contributed by atoms with Gasteiger partial charge in [0, 0.05) is 24.2 Å². The molecule has 0 radical (unpaired) electrons. The van der Waals surface area contributed by atoms with Crippen LogP contribution in [0.4, 0.5) is 0 Å². The average Bonchev–Trinajstić information content (AvgIpc) is 2.86. The molecule has 1 fully saturated rings. The Balaban J connectivity index is 1.59. The van der Waals surface area contributed by atoms with Gasteiger partial charge in [0.1, 0.15) is 0 Å². The molecule has 0 amide bonds. The number of aromatic nitrogens is 1. The SMILES string of the molecule is CN(Cc1cc(-c2ccccc2)on1)C1CC(C(=O)O)C1. The minimum atomic E-state index is -0.688. The zero-order valence-electron chi connectivity index (χ0n) is 11.9. The van der Waals surface area contributed by atoms with Crippen LogP contribution in [0.2, 0.25) is 0 Å². The van der Waals surface area contributed by atoms with Crippen LogP contribution in [-0.2, 0) is 11.3 Å². The van der Waals surface area contributed by atoms with Crippen molar-refractivity contribution in [3.8, 4) is 11.3 Å². The van der Waals surface area contributed by atoms with Crippen molar-refractivity contribution in [1.82, 2.24) is 10.1 Å². The van der Waals surface area contributed by atoms with Crippen molar-refractivity contribution >= 4 is 5.97 Å². The van der Waals surface area contributed by atoms with Crippen LogP contribution in [0.3, 0.4) is 0 Å². The van der Waals surface area contributed by atoms with Crippen LogP contribution in [0.1, 0.15) is 18.5 Å². The molecule has 110 valence electrons. The van der Waals surface area contributed by atoms with E-state index in [2.05, 4.69) is 10.1 Å². The zero-order valence-corrected chi connectivity index (χ0v) is 11.9. The quantitative estimate of drug-likeness (QED) is 0.915. The van der Waals surface area contributed by atoms with E-state index in [4.69, 9.17) is 9.63 Å². The number of hydrogen-bond acceptors (Lipinski definition) is 4. The summed E-state index contributed by atoms with van der Waals surface area (Å²) < 4.78 is 5.37. The Hall–Kier alpha value is -2.14. The highest BCUT2D eigenvalue weighted by atomic mass is 16.5. The third-order valence-corrected chi connectivity index (χ3v) is 4.11. The smallest absolute Gasteiger partial charge is 0.306 e. The van der Waals surface area contributed by atoms with Crippen molar-refractivity contribution in [3.63, 3.8) is 0 Å². The number of benzene rings is 1. The third kappa shape index (κ3) is 2.97. The molecule has 0 atom stereocenters. The lowest BCUT2D eigenvalue weighted by molar-refractivity contribution is -0.146. The van der Waals surface area contributed by atoms with Crippen LogP contribution in [0.5, 0.6) is 0 Å². The van der Waals surface area contributed by atoms with E-state index in [9.17, 15) is 4.79 Å². The van der Waals surface area contributed by atoms with Gasteiger partial charge in [0.05, 0.1) is 11.6 Å². The predicted molar refractivity (Wildman–Crippen MR) is 77.6 cm³/mol. The van der Waals surface area contributed by atoms with Crippen molar-refractivity contribution in [1.29, 1.82) is 0 Å². The molecule has 3 rings (SSSR count). The van der Waals surface area contributed by atoms with Crippen molar-refractivity contribution in [2.75, 3.05) is 7.05 Å². The van der Waals surface area contributed by atoms with Crippen molar-refractivity contribution in [2.24, 2.45) is 5.92 Å². The van der Waals surface area contributed by atoms with E-state index in [1.165, 1.54) is 0 Å². The number of rotatable bonds is 5. The summed E-state index contributed by atoms with van der Waals surface area (Å²) in [6.45, 7) is 0.674. The fourth-order valence-electron chi connectivity index (χ4n) is 2.66. The average molecular weight is 286 g/mol. The summed E-state index contributed by atoms with van der Waals surface area (Å²) in [5, 5.41) is 13.0. The lowest BCUT2D eigenvalue weighted by atomic mass is 9.79. The molecular weight excluding hydrogens is 268 g/mol. The lowest BCUT2D eigenvalue weighted by Gasteiger charge is -2.38. The molecule has 0 saturated heterocycles. The molecule has 5 nitrogen and oxygen atoms in total. The predicted octanol–water partition coefficient (Wildman–Crippen LogP) is 2.64. The van der Waals surface area contributed by atoms with Gasteiger partial charge in [-0.2, -0.15) is 0 Å². The van der Waals surface area contributed by atoms with Gasteiger partial charge < -0.3 is 9.63 Å². The van der Waals surface area contributed by atoms with Crippen LogP contribution in [0.15, 0.2) is 40.9 Å². The monoisotopic (exact) mass is 286 g/mol. The number of hydrogen-bond donors (Lipinski definition) is 1. The van der Waals surface area contributed by atoms with Gasteiger partial charge in [-0.1, -0.05) is 35.5 Å². The van der Waals surface area contributed by atoms with Crippen LogP contribution < -0.4 is 0 Å². The molecule has 1 aliphatic carbocycles. The Morgan fingerprint density at radius 3 is 2.76 bits per heavy atom. The second kappa shape index (κ2) is 5.69. The van der Waals surface area contributed by atoms with Gasteiger partial charge in [0.15, 0.2) is 5.76 Å². The lowest BCUT2D eigenvalue weighted by Crippen LogP contribution is -2.44. The Morgan fingerprint density at radius 2 is 2.10 bits per heavy atom. The van der Waals surface area contributed by atoms with Gasteiger partial charge in [0.2, 0.25) is 0 Å². The summed E-state index contributed by atoms with van der Waals surface area (Å²) >= 11 is 0. The summed E-state index contributed by atoms with van der Waals surface area (Å²) in [7, 11) is 2.00. The zero-order chi connectivity index (χ0) is 14.8. The molecule has 0 unspecified atom stereocenters. The van der Waals surface area contributed by atoms with E-state index < -0.39 is 5.97 Å². The van der Waals surface area contributed by atoms with Crippen molar-refractivity contribution < 1.29 is 14.4 Å². The maximum absolute atomic E-state index is 10.8. The first-order chi connectivity index (χ1) is 10.1. The van der Waals surface area contributed by atoms with E-state index >= 15 is 0 Å². The molecule has 1 heterocycles. The molecule has 21 heavy (non-hydrogen) atoms. The number of aliphatic carboxylic acids is 1. The first-order valence-corrected chi connectivity index (χ1v) is 7.07. The second-order valence-corrected chi connectivity index (χ2v) is 5.62. The number of carbonyl (C=O) groups is 1. The topological polar surface area (TPSA) is 66.6 Å². The largest absolute Gasteiger partial charge is 0.481 e. The molecule has 0 bridgehead atoms. The second-order valence-electron chi connectivity index (χ2n) is 5.62. The number of carboxylic acids is 1. The molecule has 1 N–H and O–H groups in total. The van der Waals surface area contributed by atoms with Crippen LogP contribution in [0, 0.1) is 5.92 Å². The molecule has 1 saturated carbocycles. The van der Waals surface area contributed by atoms with Crippen molar-refractivity contribution in [3.05, 3.63) is 42.1 Å². The van der Waals surface area contributed by atoms with E-state index in [0.717, 1.165) is 29.9 Å². The van der Waals surface area contributed by atoms with Crippen LogP contribution >= 0.6 is 0 Å². The molecule has 1 aliphatic rings. The van der Waals surface area contributed by atoms with E-state index in [1.54, 1.807) is 0 Å². The summed E-state index contributed by atoms with van der Waals surface area (Å²) in [6.07, 6.45) is 1.43. The molecule has 5 heteroatoms. The van der Waals surface area contributed by atoms with Gasteiger partial charge in [0.25, 0.3) is 0 Å². The Kier molecular flexibility index (Phi) is 3.75. The van der Waals surface area contributed by atoms with E-state index in [0.29, 0.717) is 12.6 Å². The summed E-state index contributed by atoms with van der Waals surface area (Å²) in [6, 6.07) is 12.1.